The summed E-state index contributed by atoms with van der Waals surface area (Å²) in [6, 6.07) is 0. The van der Waals surface area contributed by atoms with Gasteiger partial charge in [0.05, 0.1) is 5.92 Å². The number of Topliss-reactive ketones (excluding diaryl/α,β-unsaturated/α-hetero) is 1. The van der Waals surface area contributed by atoms with Crippen LogP contribution in [0, 0.1) is 0 Å². The summed E-state index contributed by atoms with van der Waals surface area (Å²) < 4.78 is 0. The second-order valence-corrected chi connectivity index (χ2v) is 3.35. The highest BCUT2D eigenvalue weighted by Gasteiger charge is 2.23. The van der Waals surface area contributed by atoms with Gasteiger partial charge in [-0.25, -0.2) is 9.97 Å². The highest BCUT2D eigenvalue weighted by Crippen LogP contribution is 2.18. The molecule has 0 saturated carbocycles. The highest BCUT2D eigenvalue weighted by molar-refractivity contribution is 5.86. The van der Waals surface area contributed by atoms with Crippen molar-refractivity contribution >= 4 is 11.7 Å². The maximum absolute atomic E-state index is 11.6. The standard InChI is InChI=1S/C9H12N4O/c10-9-12-3-6(4-13-9)7-5-11-2-1-8(7)14/h3-4,7,11H,1-2,5H2,(H2,10,12,13). The molecule has 0 spiro atoms. The fourth-order valence-electron chi connectivity index (χ4n) is 1.58. The van der Waals surface area contributed by atoms with Crippen LogP contribution in [0.3, 0.4) is 0 Å². The zero-order valence-electron chi connectivity index (χ0n) is 7.73. The molecule has 0 aliphatic carbocycles. The number of ketones is 1. The summed E-state index contributed by atoms with van der Waals surface area (Å²) >= 11 is 0. The Morgan fingerprint density at radius 3 is 2.79 bits per heavy atom. The summed E-state index contributed by atoms with van der Waals surface area (Å²) in [6.07, 6.45) is 3.82. The quantitative estimate of drug-likeness (QED) is 0.638. The molecular formula is C9H12N4O. The first kappa shape index (κ1) is 9.08. The Morgan fingerprint density at radius 2 is 2.14 bits per heavy atom. The van der Waals surface area contributed by atoms with Gasteiger partial charge in [-0.15, -0.1) is 0 Å². The number of nitrogen functional groups attached to an aromatic ring is 1. The lowest BCUT2D eigenvalue weighted by atomic mass is 9.92. The van der Waals surface area contributed by atoms with Crippen molar-refractivity contribution in [3.05, 3.63) is 18.0 Å². The minimum Gasteiger partial charge on any atom is -0.368 e. The van der Waals surface area contributed by atoms with Gasteiger partial charge < -0.3 is 11.1 Å². The first-order valence-corrected chi connectivity index (χ1v) is 4.58. The molecule has 0 bridgehead atoms. The van der Waals surface area contributed by atoms with Crippen LogP contribution in [0.1, 0.15) is 17.9 Å². The SMILES string of the molecule is Nc1ncc(C2CNCCC2=O)cn1. The van der Waals surface area contributed by atoms with E-state index < -0.39 is 0 Å². The summed E-state index contributed by atoms with van der Waals surface area (Å²) in [5.74, 6) is 0.381. The third-order valence-electron chi connectivity index (χ3n) is 2.38. The summed E-state index contributed by atoms with van der Waals surface area (Å²) in [7, 11) is 0. The molecule has 0 amide bonds. The molecule has 74 valence electrons. The Bertz CT molecular complexity index is 335. The third kappa shape index (κ3) is 1.72. The van der Waals surface area contributed by atoms with Crippen LogP contribution in [0.4, 0.5) is 5.95 Å². The molecule has 5 heteroatoms. The van der Waals surface area contributed by atoms with Gasteiger partial charge in [0.25, 0.3) is 0 Å². The van der Waals surface area contributed by atoms with Crippen molar-refractivity contribution in [1.82, 2.24) is 15.3 Å². The number of carbonyl (C=O) groups excluding carboxylic acids is 1. The first-order valence-electron chi connectivity index (χ1n) is 4.58. The van der Waals surface area contributed by atoms with Crippen molar-refractivity contribution in [3.8, 4) is 0 Å². The van der Waals surface area contributed by atoms with E-state index in [1.54, 1.807) is 12.4 Å². The van der Waals surface area contributed by atoms with Gasteiger partial charge in [0.2, 0.25) is 5.95 Å². The number of rotatable bonds is 1. The molecular weight excluding hydrogens is 180 g/mol. The average molecular weight is 192 g/mol. The summed E-state index contributed by atoms with van der Waals surface area (Å²) in [4.78, 5) is 19.3. The van der Waals surface area contributed by atoms with Gasteiger partial charge >= 0.3 is 0 Å². The number of piperidine rings is 1. The molecule has 1 fully saturated rings. The minimum atomic E-state index is -0.107. The molecule has 2 rings (SSSR count). The summed E-state index contributed by atoms with van der Waals surface area (Å²) in [5.41, 5.74) is 6.21. The Labute approximate surface area is 81.7 Å². The van der Waals surface area contributed by atoms with Gasteiger partial charge in [0.1, 0.15) is 5.78 Å². The molecule has 2 heterocycles. The van der Waals surface area contributed by atoms with E-state index in [2.05, 4.69) is 15.3 Å². The van der Waals surface area contributed by atoms with Crippen molar-refractivity contribution in [2.75, 3.05) is 18.8 Å². The molecule has 0 aromatic carbocycles. The van der Waals surface area contributed by atoms with Crippen LogP contribution in [0.25, 0.3) is 0 Å². The molecule has 14 heavy (non-hydrogen) atoms. The maximum Gasteiger partial charge on any atom is 0.219 e. The van der Waals surface area contributed by atoms with Crippen molar-refractivity contribution in [2.45, 2.75) is 12.3 Å². The van der Waals surface area contributed by atoms with Gasteiger partial charge in [0, 0.05) is 37.5 Å². The van der Waals surface area contributed by atoms with Crippen molar-refractivity contribution in [2.24, 2.45) is 0 Å². The van der Waals surface area contributed by atoms with Crippen LogP contribution < -0.4 is 11.1 Å². The monoisotopic (exact) mass is 192 g/mol. The second kappa shape index (κ2) is 3.71. The number of nitrogens with two attached hydrogens (primary N) is 1. The Hall–Kier alpha value is -1.49. The van der Waals surface area contributed by atoms with E-state index in [0.29, 0.717) is 13.0 Å². The third-order valence-corrected chi connectivity index (χ3v) is 2.38. The van der Waals surface area contributed by atoms with E-state index >= 15 is 0 Å². The number of hydrogen-bond acceptors (Lipinski definition) is 5. The number of nitrogens with zero attached hydrogens (tertiary/aromatic N) is 2. The number of carbonyl (C=O) groups is 1. The van der Waals surface area contributed by atoms with Gasteiger partial charge in [-0.3, -0.25) is 4.79 Å². The van der Waals surface area contributed by atoms with Crippen molar-refractivity contribution < 1.29 is 4.79 Å². The Morgan fingerprint density at radius 1 is 1.43 bits per heavy atom. The Balaban J connectivity index is 2.20. The number of hydrogen-bond donors (Lipinski definition) is 2. The summed E-state index contributed by atoms with van der Waals surface area (Å²) in [5, 5.41) is 3.17. The van der Waals surface area contributed by atoms with E-state index in [4.69, 9.17) is 5.73 Å². The van der Waals surface area contributed by atoms with Crippen molar-refractivity contribution in [3.63, 3.8) is 0 Å². The largest absolute Gasteiger partial charge is 0.368 e. The lowest BCUT2D eigenvalue weighted by molar-refractivity contribution is -0.121. The number of nitrogens with one attached hydrogen (secondary N) is 1. The van der Waals surface area contributed by atoms with E-state index in [9.17, 15) is 4.79 Å². The van der Waals surface area contributed by atoms with Crippen LogP contribution >= 0.6 is 0 Å². The van der Waals surface area contributed by atoms with Gasteiger partial charge in [-0.05, 0) is 0 Å². The molecule has 5 nitrogen and oxygen atoms in total. The molecule has 1 aliphatic heterocycles. The maximum atomic E-state index is 11.6. The lowest BCUT2D eigenvalue weighted by Gasteiger charge is -2.21. The molecule has 1 atom stereocenters. The van der Waals surface area contributed by atoms with Gasteiger partial charge in [-0.2, -0.15) is 0 Å². The van der Waals surface area contributed by atoms with Gasteiger partial charge in [0.15, 0.2) is 0 Å². The molecule has 0 radical (unpaired) electrons. The molecule has 1 aliphatic rings. The zero-order chi connectivity index (χ0) is 9.97. The van der Waals surface area contributed by atoms with E-state index in [0.717, 1.165) is 12.1 Å². The summed E-state index contributed by atoms with van der Waals surface area (Å²) in [6.45, 7) is 1.44. The fourth-order valence-corrected chi connectivity index (χ4v) is 1.58. The predicted molar refractivity (Wildman–Crippen MR) is 51.7 cm³/mol. The van der Waals surface area contributed by atoms with E-state index in [1.165, 1.54) is 0 Å². The van der Waals surface area contributed by atoms with E-state index in [1.807, 2.05) is 0 Å². The number of anilines is 1. The second-order valence-electron chi connectivity index (χ2n) is 3.35. The van der Waals surface area contributed by atoms with Crippen LogP contribution in [-0.4, -0.2) is 28.8 Å². The molecule has 1 unspecified atom stereocenters. The predicted octanol–water partition coefficient (Wildman–Crippen LogP) is -0.295. The smallest absolute Gasteiger partial charge is 0.219 e. The molecule has 1 saturated heterocycles. The van der Waals surface area contributed by atoms with Crippen LogP contribution in [0.15, 0.2) is 12.4 Å². The zero-order valence-corrected chi connectivity index (χ0v) is 7.73. The average Bonchev–Trinajstić information content (AvgIpc) is 2.20. The van der Waals surface area contributed by atoms with Crippen LogP contribution in [-0.2, 0) is 4.79 Å². The normalized spacial score (nSPS) is 22.3. The molecule has 1 aromatic heterocycles. The topological polar surface area (TPSA) is 80.9 Å². The first-order chi connectivity index (χ1) is 6.77. The molecule has 1 aromatic rings. The van der Waals surface area contributed by atoms with Gasteiger partial charge in [-0.1, -0.05) is 0 Å². The van der Waals surface area contributed by atoms with Crippen LogP contribution in [0.2, 0.25) is 0 Å². The highest BCUT2D eigenvalue weighted by atomic mass is 16.1. The van der Waals surface area contributed by atoms with Crippen molar-refractivity contribution in [1.29, 1.82) is 0 Å². The lowest BCUT2D eigenvalue weighted by Crippen LogP contribution is -2.35. The number of aromatic nitrogens is 2. The molecule has 3 N–H and O–H groups in total. The fraction of sp³-hybridized carbons (Fsp3) is 0.444. The minimum absolute atomic E-state index is 0.107. The van der Waals surface area contributed by atoms with E-state index in [-0.39, 0.29) is 17.6 Å². The van der Waals surface area contributed by atoms with Crippen LogP contribution in [0.5, 0.6) is 0 Å². The Kier molecular flexibility index (Phi) is 2.41.